The number of benzene rings is 7. The van der Waals surface area contributed by atoms with Crippen LogP contribution in [0.3, 0.4) is 0 Å². The van der Waals surface area contributed by atoms with Gasteiger partial charge in [-0.25, -0.2) is 0 Å². The summed E-state index contributed by atoms with van der Waals surface area (Å²) in [5.74, 6) is 0. The Bertz CT molecular complexity index is 3240. The van der Waals surface area contributed by atoms with E-state index in [9.17, 15) is 4.11 Å². The summed E-state index contributed by atoms with van der Waals surface area (Å²) in [5.41, 5.74) is 22.6. The molecule has 0 bridgehead atoms. The first kappa shape index (κ1) is 39.4. The second-order valence-corrected chi connectivity index (χ2v) is 23.9. The molecule has 3 heteroatoms. The molecule has 0 radical (unpaired) electrons. The van der Waals surface area contributed by atoms with Crippen molar-refractivity contribution in [2.24, 2.45) is 0 Å². The number of hydrogen-bond donors (Lipinski definition) is 0. The average molecular weight is 866 g/mol. The summed E-state index contributed by atoms with van der Waals surface area (Å²) in [6.07, 6.45) is 3.27. The first-order valence-corrected chi connectivity index (χ1v) is 24.4. The first-order chi connectivity index (χ1) is 32.4. The molecule has 2 aliphatic heterocycles. The van der Waals surface area contributed by atoms with Crippen molar-refractivity contribution >= 4 is 57.2 Å². The molecule has 0 fully saturated rings. The van der Waals surface area contributed by atoms with Crippen LogP contribution in [0.15, 0.2) is 133 Å². The molecule has 11 rings (SSSR count). The van der Waals surface area contributed by atoms with E-state index in [0.717, 1.165) is 75.5 Å². The summed E-state index contributed by atoms with van der Waals surface area (Å²) in [7, 11) is 0. The number of nitrogens with zero attached hydrogens (tertiary/aromatic N) is 2. The van der Waals surface area contributed by atoms with Crippen molar-refractivity contribution in [3.63, 3.8) is 0 Å². The lowest BCUT2D eigenvalue weighted by atomic mass is 9.33. The minimum absolute atomic E-state index is 0.0327. The van der Waals surface area contributed by atoms with Crippen molar-refractivity contribution in [2.75, 3.05) is 9.80 Å². The van der Waals surface area contributed by atoms with Crippen molar-refractivity contribution in [3.05, 3.63) is 172 Å². The largest absolute Gasteiger partial charge is 0.311 e. The standard InChI is InChI=1S/C63H67BN2/c1-39-30-56-58-57(31-39)66(54-36-48-46(32-40(54)2)60(6,7)28-29-61(48,8)9)55-37-49-47(62(10,11)38-63(49,12)13)35-51(55)64(58)50-33-43(41-20-16-14-17-21-41)24-26-53(50)65(56)52-27-25-44(59(3,4)5)34-45(52)42-22-18-15-19-23-42/h14-27,30-37H,28-29,38H2,1-13H3/i1D3. The molecule has 0 aromatic heterocycles. The molecule has 4 aliphatic rings. The molecule has 66 heavy (non-hydrogen) atoms. The Labute approximate surface area is 400 Å². The Hall–Kier alpha value is -5.80. The predicted octanol–water partition coefficient (Wildman–Crippen LogP) is 15.3. The van der Waals surface area contributed by atoms with E-state index in [1.807, 2.05) is 12.1 Å². The van der Waals surface area contributed by atoms with Gasteiger partial charge in [0, 0.05) is 38.1 Å². The van der Waals surface area contributed by atoms with Crippen LogP contribution in [0.1, 0.15) is 138 Å². The van der Waals surface area contributed by atoms with E-state index in [1.54, 1.807) is 0 Å². The first-order valence-electron chi connectivity index (χ1n) is 25.9. The molecule has 0 amide bonds. The molecule has 0 spiro atoms. The molecule has 7 aromatic rings. The maximum atomic E-state index is 9.21. The summed E-state index contributed by atoms with van der Waals surface area (Å²) in [6.45, 7) is 25.8. The fourth-order valence-electron chi connectivity index (χ4n) is 12.8. The molecule has 7 aromatic carbocycles. The van der Waals surface area contributed by atoms with Crippen molar-refractivity contribution in [1.82, 2.24) is 0 Å². The van der Waals surface area contributed by atoms with E-state index in [-0.39, 0.29) is 33.8 Å². The number of hydrogen-bond acceptors (Lipinski definition) is 2. The molecule has 2 aliphatic carbocycles. The second-order valence-electron chi connectivity index (χ2n) is 23.9. The highest BCUT2D eigenvalue weighted by Gasteiger charge is 2.49. The normalized spacial score (nSPS) is 18.8. The number of rotatable bonds is 4. The summed E-state index contributed by atoms with van der Waals surface area (Å²) in [6, 6.07) is 49.5. The molecule has 0 saturated carbocycles. The Morgan fingerprint density at radius 2 is 1.02 bits per heavy atom. The zero-order chi connectivity index (χ0) is 49.0. The fourth-order valence-corrected chi connectivity index (χ4v) is 12.8. The van der Waals surface area contributed by atoms with E-state index in [1.165, 1.54) is 49.9 Å². The molecule has 332 valence electrons. The highest BCUT2D eigenvalue weighted by atomic mass is 15.2. The van der Waals surface area contributed by atoms with Gasteiger partial charge in [-0.1, -0.05) is 167 Å². The van der Waals surface area contributed by atoms with Crippen LogP contribution >= 0.6 is 0 Å². The van der Waals surface area contributed by atoms with Gasteiger partial charge >= 0.3 is 0 Å². The monoisotopic (exact) mass is 866 g/mol. The molecule has 2 nitrogen and oxygen atoms in total. The van der Waals surface area contributed by atoms with Gasteiger partial charge in [-0.3, -0.25) is 0 Å². The minimum Gasteiger partial charge on any atom is -0.311 e. The molecule has 0 atom stereocenters. The van der Waals surface area contributed by atoms with Crippen LogP contribution in [0.2, 0.25) is 0 Å². The average Bonchev–Trinajstić information content (AvgIpc) is 3.48. The van der Waals surface area contributed by atoms with E-state index >= 15 is 0 Å². The van der Waals surface area contributed by atoms with Gasteiger partial charge in [0.25, 0.3) is 6.71 Å². The van der Waals surface area contributed by atoms with E-state index in [2.05, 4.69) is 214 Å². The van der Waals surface area contributed by atoms with Crippen LogP contribution in [0, 0.1) is 13.8 Å². The minimum atomic E-state index is -2.38. The number of fused-ring (bicyclic) bond motifs is 6. The van der Waals surface area contributed by atoms with Gasteiger partial charge in [-0.2, -0.15) is 0 Å². The van der Waals surface area contributed by atoms with Crippen LogP contribution in [0.4, 0.5) is 34.1 Å². The molecule has 0 saturated heterocycles. The van der Waals surface area contributed by atoms with Crippen molar-refractivity contribution in [2.45, 2.75) is 136 Å². The molecule has 0 N–H and O–H groups in total. The Morgan fingerprint density at radius 1 is 0.485 bits per heavy atom. The van der Waals surface area contributed by atoms with Gasteiger partial charge in [0.05, 0.1) is 5.69 Å². The quantitative estimate of drug-likeness (QED) is 0.163. The van der Waals surface area contributed by atoms with E-state index in [4.69, 9.17) is 0 Å². The Morgan fingerprint density at radius 3 is 1.64 bits per heavy atom. The molecule has 0 unspecified atom stereocenters. The Kier molecular flexibility index (Phi) is 8.57. The number of aryl methyl sites for hydroxylation is 2. The summed E-state index contributed by atoms with van der Waals surface area (Å²) < 4.78 is 27.6. The van der Waals surface area contributed by atoms with Crippen molar-refractivity contribution in [3.8, 4) is 22.3 Å². The predicted molar refractivity (Wildman–Crippen MR) is 285 cm³/mol. The molecular weight excluding hydrogens is 796 g/mol. The van der Waals surface area contributed by atoms with Crippen LogP contribution < -0.4 is 26.2 Å². The topological polar surface area (TPSA) is 6.48 Å². The van der Waals surface area contributed by atoms with E-state index < -0.39 is 6.85 Å². The zero-order valence-electron chi connectivity index (χ0n) is 44.3. The highest BCUT2D eigenvalue weighted by Crippen LogP contribution is 2.55. The lowest BCUT2D eigenvalue weighted by molar-refractivity contribution is 0.332. The summed E-state index contributed by atoms with van der Waals surface area (Å²) in [5, 5.41) is 0. The lowest BCUT2D eigenvalue weighted by Gasteiger charge is -2.47. The highest BCUT2D eigenvalue weighted by molar-refractivity contribution is 7.00. The SMILES string of the molecule is [2H]C([2H])([2H])c1cc2c3c(c1)N(c1ccc(C(C)(C)C)cc1-c1ccccc1)c1ccc(-c4ccccc4)cc1B3c1cc3c(cc1N2c1cc2c(cc1C)C(C)(C)CCC2(C)C)C(C)(C)CC3(C)C. The van der Waals surface area contributed by atoms with Crippen LogP contribution in [0.5, 0.6) is 0 Å². The van der Waals surface area contributed by atoms with Crippen LogP contribution in [-0.2, 0) is 27.1 Å². The maximum absolute atomic E-state index is 9.21. The maximum Gasteiger partial charge on any atom is 0.252 e. The summed E-state index contributed by atoms with van der Waals surface area (Å²) in [4.78, 5) is 4.91. The fraction of sp³-hybridized carbons (Fsp3) is 0.333. The Balaban J connectivity index is 1.31. The zero-order valence-corrected chi connectivity index (χ0v) is 41.3. The van der Waals surface area contributed by atoms with Crippen LogP contribution in [-0.4, -0.2) is 6.71 Å². The molecule has 2 heterocycles. The van der Waals surface area contributed by atoms with Gasteiger partial charge in [0.15, 0.2) is 0 Å². The number of anilines is 6. The third-order valence-corrected chi connectivity index (χ3v) is 16.3. The van der Waals surface area contributed by atoms with Gasteiger partial charge < -0.3 is 9.80 Å². The summed E-state index contributed by atoms with van der Waals surface area (Å²) >= 11 is 0. The van der Waals surface area contributed by atoms with Crippen molar-refractivity contribution in [1.29, 1.82) is 0 Å². The lowest BCUT2D eigenvalue weighted by Crippen LogP contribution is -2.61. The third-order valence-electron chi connectivity index (χ3n) is 16.3. The van der Waals surface area contributed by atoms with Crippen molar-refractivity contribution < 1.29 is 4.11 Å². The second kappa shape index (κ2) is 14.4. The molecular formula is C63H67BN2. The van der Waals surface area contributed by atoms with Crippen LogP contribution in [0.25, 0.3) is 22.3 Å². The van der Waals surface area contributed by atoms with Gasteiger partial charge in [0.2, 0.25) is 0 Å². The van der Waals surface area contributed by atoms with Gasteiger partial charge in [-0.15, -0.1) is 0 Å². The third kappa shape index (κ3) is 6.50. The van der Waals surface area contributed by atoms with Gasteiger partial charge in [-0.05, 0) is 175 Å². The smallest absolute Gasteiger partial charge is 0.252 e. The van der Waals surface area contributed by atoms with E-state index in [0.29, 0.717) is 5.56 Å². The van der Waals surface area contributed by atoms with Gasteiger partial charge in [0.1, 0.15) is 0 Å².